The monoisotopic (exact) mass is 244 g/mol. The summed E-state index contributed by atoms with van der Waals surface area (Å²) in [4.78, 5) is 29.6. The Morgan fingerprint density at radius 2 is 1.65 bits per heavy atom. The van der Waals surface area contributed by atoms with Gasteiger partial charge in [0.1, 0.15) is 0 Å². The summed E-state index contributed by atoms with van der Waals surface area (Å²) in [5, 5.41) is 15.6. The van der Waals surface area contributed by atoms with Crippen LogP contribution >= 0.6 is 0 Å². The molecule has 0 aromatic heterocycles. The molecule has 0 unspecified atom stereocenters. The Kier molecular flexibility index (Phi) is 12.2. The average molecular weight is 244 g/mol. The van der Waals surface area contributed by atoms with Crippen LogP contribution in [0.3, 0.4) is 0 Å². The highest BCUT2D eigenvalue weighted by Gasteiger charge is 1.95. The number of carbonyl (C=O) groups is 3. The van der Waals surface area contributed by atoms with Crippen molar-refractivity contribution >= 4 is 17.9 Å². The average Bonchev–Trinajstić information content (AvgIpc) is 2.25. The van der Waals surface area contributed by atoms with E-state index in [0.29, 0.717) is 25.2 Å². The van der Waals surface area contributed by atoms with Gasteiger partial charge in [0.05, 0.1) is 13.0 Å². The lowest BCUT2D eigenvalue weighted by molar-refractivity contribution is -0.142. The molecule has 2 N–H and O–H groups in total. The smallest absolute Gasteiger partial charge is 0.328 e. The fourth-order valence-electron chi connectivity index (χ4n) is 0.535. The number of carboxylic acids is 2. The summed E-state index contributed by atoms with van der Waals surface area (Å²) >= 11 is 0. The summed E-state index contributed by atoms with van der Waals surface area (Å²) in [6, 6.07) is 0. The van der Waals surface area contributed by atoms with Crippen LogP contribution in [-0.2, 0) is 19.1 Å². The quantitative estimate of drug-likeness (QED) is 0.414. The van der Waals surface area contributed by atoms with Crippen LogP contribution in [0.5, 0.6) is 0 Å². The fourth-order valence-corrected chi connectivity index (χ4v) is 0.535. The molecule has 0 spiro atoms. The first-order chi connectivity index (χ1) is 7.93. The van der Waals surface area contributed by atoms with Gasteiger partial charge in [-0.15, -0.1) is 6.58 Å². The zero-order valence-electron chi connectivity index (χ0n) is 9.59. The maximum atomic E-state index is 10.5. The van der Waals surface area contributed by atoms with E-state index >= 15 is 0 Å². The largest absolute Gasteiger partial charge is 0.478 e. The van der Waals surface area contributed by atoms with Gasteiger partial charge in [0.2, 0.25) is 0 Å². The van der Waals surface area contributed by atoms with Gasteiger partial charge >= 0.3 is 17.9 Å². The number of hydrogen-bond donors (Lipinski definition) is 2. The second kappa shape index (κ2) is 12.0. The number of carboxylic acid groups (broad SMARTS) is 2. The SMILES string of the molecule is C=CCC(=O)OCCC.O=C(O)/C=C\C(=O)O. The Morgan fingerprint density at radius 1 is 1.18 bits per heavy atom. The topological polar surface area (TPSA) is 101 Å². The molecule has 0 aromatic carbocycles. The summed E-state index contributed by atoms with van der Waals surface area (Å²) in [6.45, 7) is 5.89. The number of carbonyl (C=O) groups excluding carboxylic acids is 1. The van der Waals surface area contributed by atoms with Gasteiger partial charge in [0, 0.05) is 12.2 Å². The van der Waals surface area contributed by atoms with Gasteiger partial charge in [-0.2, -0.15) is 0 Å². The highest BCUT2D eigenvalue weighted by molar-refractivity contribution is 5.89. The van der Waals surface area contributed by atoms with Gasteiger partial charge in [-0.1, -0.05) is 13.0 Å². The zero-order chi connectivity index (χ0) is 13.7. The summed E-state index contributed by atoms with van der Waals surface area (Å²) < 4.78 is 4.72. The molecule has 17 heavy (non-hydrogen) atoms. The van der Waals surface area contributed by atoms with E-state index in [-0.39, 0.29) is 5.97 Å². The first kappa shape index (κ1) is 17.3. The summed E-state index contributed by atoms with van der Waals surface area (Å²) in [5.74, 6) is -2.70. The molecule has 0 rings (SSSR count). The molecule has 0 radical (unpaired) electrons. The Bertz CT molecular complexity index is 276. The summed E-state index contributed by atoms with van der Waals surface area (Å²) in [5.41, 5.74) is 0. The Hall–Kier alpha value is -2.11. The van der Waals surface area contributed by atoms with E-state index in [4.69, 9.17) is 14.9 Å². The minimum Gasteiger partial charge on any atom is -0.478 e. The van der Waals surface area contributed by atoms with Crippen molar-refractivity contribution < 1.29 is 29.3 Å². The highest BCUT2D eigenvalue weighted by atomic mass is 16.5. The van der Waals surface area contributed by atoms with Crippen LogP contribution in [0.2, 0.25) is 0 Å². The van der Waals surface area contributed by atoms with Crippen molar-refractivity contribution in [2.45, 2.75) is 19.8 Å². The molecule has 0 saturated carbocycles. The van der Waals surface area contributed by atoms with Crippen molar-refractivity contribution in [3.63, 3.8) is 0 Å². The molecule has 6 nitrogen and oxygen atoms in total. The van der Waals surface area contributed by atoms with E-state index in [1.54, 1.807) is 0 Å². The van der Waals surface area contributed by atoms with Crippen LogP contribution in [-0.4, -0.2) is 34.7 Å². The van der Waals surface area contributed by atoms with Gasteiger partial charge in [-0.25, -0.2) is 9.59 Å². The third-order valence-corrected chi connectivity index (χ3v) is 1.15. The van der Waals surface area contributed by atoms with Crippen LogP contribution in [0.15, 0.2) is 24.8 Å². The molecule has 0 bridgehead atoms. The lowest BCUT2D eigenvalue weighted by Gasteiger charge is -1.97. The Morgan fingerprint density at radius 3 is 1.94 bits per heavy atom. The molecule has 0 aromatic rings. The van der Waals surface area contributed by atoms with Crippen LogP contribution in [0, 0.1) is 0 Å². The molecule has 96 valence electrons. The van der Waals surface area contributed by atoms with Crippen molar-refractivity contribution in [2.24, 2.45) is 0 Å². The molecule has 0 aliphatic heterocycles. The molecular weight excluding hydrogens is 228 g/mol. The lowest BCUT2D eigenvalue weighted by atomic mass is 10.4. The molecular formula is C11H16O6. The van der Waals surface area contributed by atoms with E-state index in [1.165, 1.54) is 6.08 Å². The third kappa shape index (κ3) is 20.1. The molecule has 0 amide bonds. The second-order valence-corrected chi connectivity index (χ2v) is 2.72. The van der Waals surface area contributed by atoms with E-state index in [9.17, 15) is 14.4 Å². The maximum absolute atomic E-state index is 10.5. The molecule has 6 heteroatoms. The van der Waals surface area contributed by atoms with Gasteiger partial charge in [-0.05, 0) is 6.42 Å². The Labute approximate surface area is 99.2 Å². The minimum atomic E-state index is -1.26. The van der Waals surface area contributed by atoms with Crippen LogP contribution in [0.1, 0.15) is 19.8 Å². The lowest BCUT2D eigenvalue weighted by Crippen LogP contribution is -2.02. The van der Waals surface area contributed by atoms with Crippen LogP contribution in [0.4, 0.5) is 0 Å². The predicted molar refractivity (Wildman–Crippen MR) is 60.5 cm³/mol. The minimum absolute atomic E-state index is 0.188. The number of aliphatic carboxylic acids is 2. The standard InChI is InChI=1S/C7H12O2.C4H4O4/c1-3-5-7(8)9-6-4-2;5-3(6)1-2-4(7)8/h3H,1,4-6H2,2H3;1-2H,(H,5,6)(H,7,8)/b;2-1-. The number of hydrogen-bond acceptors (Lipinski definition) is 4. The van der Waals surface area contributed by atoms with Crippen molar-refractivity contribution in [2.75, 3.05) is 6.61 Å². The third-order valence-electron chi connectivity index (χ3n) is 1.15. The van der Waals surface area contributed by atoms with Crippen LogP contribution in [0.25, 0.3) is 0 Å². The van der Waals surface area contributed by atoms with Gasteiger partial charge in [0.15, 0.2) is 0 Å². The Balaban J connectivity index is 0. The van der Waals surface area contributed by atoms with E-state index in [0.717, 1.165) is 6.42 Å². The van der Waals surface area contributed by atoms with E-state index < -0.39 is 11.9 Å². The molecule has 0 aliphatic carbocycles. The van der Waals surface area contributed by atoms with Crippen molar-refractivity contribution in [3.8, 4) is 0 Å². The van der Waals surface area contributed by atoms with E-state index in [1.807, 2.05) is 6.92 Å². The van der Waals surface area contributed by atoms with Crippen LogP contribution < -0.4 is 0 Å². The van der Waals surface area contributed by atoms with Gasteiger partial charge in [-0.3, -0.25) is 4.79 Å². The number of rotatable bonds is 6. The molecule has 0 aliphatic rings. The summed E-state index contributed by atoms with van der Waals surface area (Å²) in [7, 11) is 0. The summed E-state index contributed by atoms with van der Waals surface area (Å²) in [6.07, 6.45) is 3.85. The predicted octanol–water partition coefficient (Wildman–Crippen LogP) is 1.23. The first-order valence-electron chi connectivity index (χ1n) is 4.84. The van der Waals surface area contributed by atoms with Crippen molar-refractivity contribution in [1.29, 1.82) is 0 Å². The highest BCUT2D eigenvalue weighted by Crippen LogP contribution is 1.87. The fraction of sp³-hybridized carbons (Fsp3) is 0.364. The second-order valence-electron chi connectivity index (χ2n) is 2.72. The van der Waals surface area contributed by atoms with Crippen molar-refractivity contribution in [1.82, 2.24) is 0 Å². The molecule has 0 atom stereocenters. The molecule has 0 heterocycles. The molecule has 0 saturated heterocycles. The van der Waals surface area contributed by atoms with Gasteiger partial charge in [0.25, 0.3) is 0 Å². The number of esters is 1. The molecule has 0 fully saturated rings. The normalized spacial score (nSPS) is 9.00. The maximum Gasteiger partial charge on any atom is 0.328 e. The number of ether oxygens (including phenoxy) is 1. The van der Waals surface area contributed by atoms with E-state index in [2.05, 4.69) is 6.58 Å². The zero-order valence-corrected chi connectivity index (χ0v) is 9.59. The van der Waals surface area contributed by atoms with Crippen molar-refractivity contribution in [3.05, 3.63) is 24.8 Å². The van der Waals surface area contributed by atoms with Gasteiger partial charge < -0.3 is 14.9 Å². The first-order valence-corrected chi connectivity index (χ1v) is 4.84.